The van der Waals surface area contributed by atoms with Crippen LogP contribution in [0.1, 0.15) is 10.5 Å². The SMILES string of the molecule is COc1cccc(Nc2nnc(SCC(=O)NNC(=O)c3cnccn3)s2)c1. The van der Waals surface area contributed by atoms with Crippen molar-refractivity contribution < 1.29 is 14.3 Å². The summed E-state index contributed by atoms with van der Waals surface area (Å²) in [5.74, 6) is -0.148. The minimum atomic E-state index is -0.549. The van der Waals surface area contributed by atoms with Crippen LogP contribution in [0.2, 0.25) is 0 Å². The van der Waals surface area contributed by atoms with Crippen molar-refractivity contribution in [2.24, 2.45) is 0 Å². The van der Waals surface area contributed by atoms with E-state index in [1.165, 1.54) is 41.7 Å². The Labute approximate surface area is 168 Å². The Hall–Kier alpha value is -3.25. The molecule has 0 fully saturated rings. The molecule has 2 heterocycles. The van der Waals surface area contributed by atoms with Gasteiger partial charge in [0.15, 0.2) is 4.34 Å². The zero-order valence-corrected chi connectivity index (χ0v) is 16.2. The highest BCUT2D eigenvalue weighted by Gasteiger charge is 2.11. The van der Waals surface area contributed by atoms with Crippen LogP contribution in [0.4, 0.5) is 10.8 Å². The Morgan fingerprint density at radius 1 is 1.21 bits per heavy atom. The fraction of sp³-hybridized carbons (Fsp3) is 0.125. The first-order chi connectivity index (χ1) is 13.6. The van der Waals surface area contributed by atoms with Gasteiger partial charge < -0.3 is 10.1 Å². The lowest BCUT2D eigenvalue weighted by atomic mass is 10.3. The molecule has 12 heteroatoms. The zero-order chi connectivity index (χ0) is 19.8. The average Bonchev–Trinajstić information content (AvgIpc) is 3.18. The lowest BCUT2D eigenvalue weighted by Gasteiger charge is -2.05. The zero-order valence-electron chi connectivity index (χ0n) is 14.6. The van der Waals surface area contributed by atoms with Gasteiger partial charge in [-0.05, 0) is 12.1 Å². The van der Waals surface area contributed by atoms with Gasteiger partial charge in [-0.2, -0.15) is 0 Å². The second-order valence-corrected chi connectivity index (χ2v) is 7.31. The maximum atomic E-state index is 11.9. The number of benzene rings is 1. The molecule has 10 nitrogen and oxygen atoms in total. The maximum absolute atomic E-state index is 11.9. The predicted octanol–water partition coefficient (Wildman–Crippen LogP) is 1.63. The van der Waals surface area contributed by atoms with Gasteiger partial charge in [-0.15, -0.1) is 10.2 Å². The number of methoxy groups -OCH3 is 1. The molecule has 0 saturated heterocycles. The fourth-order valence-corrected chi connectivity index (χ4v) is 3.49. The molecule has 0 aliphatic heterocycles. The first-order valence-corrected chi connectivity index (χ1v) is 9.67. The molecule has 2 amide bonds. The van der Waals surface area contributed by atoms with Crippen LogP contribution in [0.3, 0.4) is 0 Å². The number of nitrogens with one attached hydrogen (secondary N) is 3. The van der Waals surface area contributed by atoms with E-state index in [0.29, 0.717) is 9.47 Å². The van der Waals surface area contributed by atoms with Crippen molar-refractivity contribution in [3.8, 4) is 5.75 Å². The van der Waals surface area contributed by atoms with Crippen LogP contribution >= 0.6 is 23.1 Å². The van der Waals surface area contributed by atoms with E-state index in [1.807, 2.05) is 24.3 Å². The Balaban J connectivity index is 1.44. The third kappa shape index (κ3) is 5.62. The number of hydrogen-bond donors (Lipinski definition) is 3. The average molecular weight is 417 g/mol. The first-order valence-electron chi connectivity index (χ1n) is 7.86. The Morgan fingerprint density at radius 2 is 2.11 bits per heavy atom. The summed E-state index contributed by atoms with van der Waals surface area (Å²) in [6.45, 7) is 0. The van der Waals surface area contributed by atoms with Crippen molar-refractivity contribution in [1.82, 2.24) is 31.0 Å². The van der Waals surface area contributed by atoms with E-state index in [4.69, 9.17) is 4.74 Å². The summed E-state index contributed by atoms with van der Waals surface area (Å²) in [5, 5.41) is 11.8. The molecule has 2 aromatic heterocycles. The van der Waals surface area contributed by atoms with Gasteiger partial charge in [-0.25, -0.2) is 4.98 Å². The monoisotopic (exact) mass is 417 g/mol. The topological polar surface area (TPSA) is 131 Å². The van der Waals surface area contributed by atoms with Gasteiger partial charge in [-0.3, -0.25) is 25.4 Å². The highest BCUT2D eigenvalue weighted by Crippen LogP contribution is 2.28. The molecule has 0 unspecified atom stereocenters. The molecular formula is C16H15N7O3S2. The van der Waals surface area contributed by atoms with Crippen LogP contribution in [0.25, 0.3) is 0 Å². The van der Waals surface area contributed by atoms with Gasteiger partial charge in [0, 0.05) is 24.1 Å². The largest absolute Gasteiger partial charge is 0.497 e. The molecule has 0 aliphatic carbocycles. The number of carbonyl (C=O) groups excluding carboxylic acids is 2. The van der Waals surface area contributed by atoms with Crippen molar-refractivity contribution in [3.63, 3.8) is 0 Å². The number of carbonyl (C=O) groups is 2. The van der Waals surface area contributed by atoms with Crippen molar-refractivity contribution in [1.29, 1.82) is 0 Å². The Morgan fingerprint density at radius 3 is 2.89 bits per heavy atom. The number of anilines is 2. The molecule has 0 bridgehead atoms. The lowest BCUT2D eigenvalue weighted by molar-refractivity contribution is -0.119. The molecule has 0 spiro atoms. The molecule has 3 aromatic rings. The van der Waals surface area contributed by atoms with Gasteiger partial charge in [0.2, 0.25) is 11.0 Å². The van der Waals surface area contributed by atoms with E-state index < -0.39 is 5.91 Å². The van der Waals surface area contributed by atoms with Gasteiger partial charge in [-0.1, -0.05) is 29.2 Å². The van der Waals surface area contributed by atoms with E-state index >= 15 is 0 Å². The van der Waals surface area contributed by atoms with Crippen LogP contribution in [-0.4, -0.2) is 44.8 Å². The molecule has 1 aromatic carbocycles. The highest BCUT2D eigenvalue weighted by atomic mass is 32.2. The van der Waals surface area contributed by atoms with Gasteiger partial charge in [0.25, 0.3) is 5.91 Å². The van der Waals surface area contributed by atoms with Crippen LogP contribution in [0.5, 0.6) is 5.75 Å². The second-order valence-electron chi connectivity index (χ2n) is 5.11. The van der Waals surface area contributed by atoms with E-state index in [2.05, 4.69) is 36.3 Å². The Bertz CT molecular complexity index is 952. The predicted molar refractivity (Wildman–Crippen MR) is 105 cm³/mol. The molecule has 0 aliphatic rings. The lowest BCUT2D eigenvalue weighted by Crippen LogP contribution is -2.42. The number of rotatable bonds is 7. The third-order valence-corrected chi connectivity index (χ3v) is 5.14. The fourth-order valence-electron chi connectivity index (χ4n) is 1.91. The van der Waals surface area contributed by atoms with Crippen molar-refractivity contribution >= 4 is 45.7 Å². The summed E-state index contributed by atoms with van der Waals surface area (Å²) in [4.78, 5) is 31.3. The van der Waals surface area contributed by atoms with Crippen molar-refractivity contribution in [2.45, 2.75) is 4.34 Å². The summed E-state index contributed by atoms with van der Waals surface area (Å²) >= 11 is 2.51. The normalized spacial score (nSPS) is 10.2. The van der Waals surface area contributed by atoms with Gasteiger partial charge in [0.1, 0.15) is 11.4 Å². The number of ether oxygens (including phenoxy) is 1. The Kier molecular flexibility index (Phi) is 6.70. The quantitative estimate of drug-likeness (QED) is 0.388. The first kappa shape index (κ1) is 19.5. The smallest absolute Gasteiger partial charge is 0.289 e. The summed E-state index contributed by atoms with van der Waals surface area (Å²) < 4.78 is 5.78. The summed E-state index contributed by atoms with van der Waals surface area (Å²) in [5.41, 5.74) is 5.50. The minimum absolute atomic E-state index is 0.0640. The van der Waals surface area contributed by atoms with Crippen molar-refractivity contribution in [2.75, 3.05) is 18.2 Å². The van der Waals surface area contributed by atoms with Crippen LogP contribution in [0.15, 0.2) is 47.2 Å². The molecule has 0 saturated carbocycles. The standard InChI is InChI=1S/C16H15N7O3S2/c1-26-11-4-2-3-10(7-11)19-15-22-23-16(28-15)27-9-13(24)20-21-14(25)12-8-17-5-6-18-12/h2-8H,9H2,1H3,(H,19,22)(H,20,24)(H,21,25). The van der Waals surface area contributed by atoms with E-state index in [-0.39, 0.29) is 17.4 Å². The minimum Gasteiger partial charge on any atom is -0.497 e. The summed E-state index contributed by atoms with van der Waals surface area (Å²) in [6.07, 6.45) is 4.14. The number of hydrogen-bond acceptors (Lipinski definition) is 10. The highest BCUT2D eigenvalue weighted by molar-refractivity contribution is 8.01. The number of hydrazine groups is 1. The summed E-state index contributed by atoms with van der Waals surface area (Å²) in [6, 6.07) is 7.41. The molecular weight excluding hydrogens is 402 g/mol. The number of amides is 2. The molecule has 3 rings (SSSR count). The third-order valence-electron chi connectivity index (χ3n) is 3.17. The molecule has 0 radical (unpaired) electrons. The van der Waals surface area contributed by atoms with E-state index in [9.17, 15) is 9.59 Å². The van der Waals surface area contributed by atoms with Crippen LogP contribution in [0, 0.1) is 0 Å². The maximum Gasteiger partial charge on any atom is 0.289 e. The number of thioether (sulfide) groups is 1. The van der Waals surface area contributed by atoms with E-state index in [0.717, 1.165) is 11.4 Å². The number of aromatic nitrogens is 4. The van der Waals surface area contributed by atoms with Crippen LogP contribution < -0.4 is 20.9 Å². The molecule has 144 valence electrons. The number of nitrogens with zero attached hydrogens (tertiary/aromatic N) is 4. The van der Waals surface area contributed by atoms with Gasteiger partial charge >= 0.3 is 0 Å². The van der Waals surface area contributed by atoms with Gasteiger partial charge in [0.05, 0.1) is 19.1 Å². The summed E-state index contributed by atoms with van der Waals surface area (Å²) in [7, 11) is 1.60. The molecule has 28 heavy (non-hydrogen) atoms. The van der Waals surface area contributed by atoms with E-state index in [1.54, 1.807) is 7.11 Å². The molecule has 0 atom stereocenters. The molecule has 3 N–H and O–H groups in total. The van der Waals surface area contributed by atoms with Crippen molar-refractivity contribution in [3.05, 3.63) is 48.5 Å². The van der Waals surface area contributed by atoms with Crippen LogP contribution in [-0.2, 0) is 4.79 Å². The second kappa shape index (κ2) is 9.62.